The van der Waals surface area contributed by atoms with Crippen LogP contribution >= 0.6 is 0 Å². The largest absolute Gasteiger partial charge is 0.357 e. The topological polar surface area (TPSA) is 53.7 Å². The molecule has 0 aliphatic heterocycles. The van der Waals surface area contributed by atoms with E-state index in [9.17, 15) is 0 Å². The van der Waals surface area contributed by atoms with Gasteiger partial charge in [0.05, 0.1) is 6.54 Å². The van der Waals surface area contributed by atoms with Gasteiger partial charge in [0.15, 0.2) is 0 Å². The first-order valence-electron chi connectivity index (χ1n) is 4.36. The van der Waals surface area contributed by atoms with Crippen LogP contribution < -0.4 is 11.5 Å². The Morgan fingerprint density at radius 2 is 2.25 bits per heavy atom. The van der Waals surface area contributed by atoms with Gasteiger partial charge in [-0.3, -0.25) is 0 Å². The Morgan fingerprint density at radius 1 is 1.50 bits per heavy atom. The molecule has 0 radical (unpaired) electrons. The Kier molecular flexibility index (Phi) is 3.26. The standard InChI is InChI=1S/C10H16N2/c1-8(6-11)10-4-2-3-9(5-10)7-12/h2-5,8H,6-7,11-12H2,1H3/p+1. The molecule has 0 amide bonds. The summed E-state index contributed by atoms with van der Waals surface area (Å²) in [6, 6.07) is 8.41. The highest BCUT2D eigenvalue weighted by molar-refractivity contribution is 5.25. The van der Waals surface area contributed by atoms with Crippen LogP contribution in [0.2, 0.25) is 0 Å². The van der Waals surface area contributed by atoms with Gasteiger partial charge in [-0.1, -0.05) is 31.2 Å². The minimum absolute atomic E-state index is 0.538. The fourth-order valence-corrected chi connectivity index (χ4v) is 1.19. The molecule has 0 spiro atoms. The van der Waals surface area contributed by atoms with E-state index in [0.29, 0.717) is 12.5 Å². The summed E-state index contributed by atoms with van der Waals surface area (Å²) in [5.74, 6) is 0.538. The molecular formula is C10H17N2+. The third-order valence-electron chi connectivity index (χ3n) is 2.19. The Hall–Kier alpha value is -0.860. The lowest BCUT2D eigenvalue weighted by Crippen LogP contribution is -2.52. The van der Waals surface area contributed by atoms with Gasteiger partial charge >= 0.3 is 0 Å². The zero-order chi connectivity index (χ0) is 8.97. The van der Waals surface area contributed by atoms with E-state index in [1.807, 2.05) is 0 Å². The van der Waals surface area contributed by atoms with E-state index in [-0.39, 0.29) is 0 Å². The summed E-state index contributed by atoms with van der Waals surface area (Å²) in [5.41, 5.74) is 12.0. The van der Waals surface area contributed by atoms with Gasteiger partial charge in [0.25, 0.3) is 0 Å². The Morgan fingerprint density at radius 3 is 2.83 bits per heavy atom. The first kappa shape index (κ1) is 9.23. The summed E-state index contributed by atoms with van der Waals surface area (Å²) in [5, 5.41) is 0. The monoisotopic (exact) mass is 165 g/mol. The average molecular weight is 165 g/mol. The van der Waals surface area contributed by atoms with E-state index >= 15 is 0 Å². The molecule has 0 heterocycles. The quantitative estimate of drug-likeness (QED) is 0.673. The highest BCUT2D eigenvalue weighted by Gasteiger charge is 2.04. The van der Waals surface area contributed by atoms with Gasteiger partial charge in [0.2, 0.25) is 0 Å². The third kappa shape index (κ3) is 2.06. The molecule has 1 aromatic carbocycles. The predicted octanol–water partition coefficient (Wildman–Crippen LogP) is 0.491. The van der Waals surface area contributed by atoms with Gasteiger partial charge < -0.3 is 11.5 Å². The van der Waals surface area contributed by atoms with Crippen molar-refractivity contribution in [2.75, 3.05) is 6.54 Å². The molecule has 1 aromatic rings. The maximum Gasteiger partial charge on any atom is 0.0806 e. The second-order valence-corrected chi connectivity index (χ2v) is 3.14. The Labute approximate surface area is 73.6 Å². The molecule has 1 atom stereocenters. The van der Waals surface area contributed by atoms with Gasteiger partial charge in [0.1, 0.15) is 0 Å². The van der Waals surface area contributed by atoms with Crippen LogP contribution in [0.25, 0.3) is 0 Å². The molecule has 1 unspecified atom stereocenters. The van der Waals surface area contributed by atoms with Crippen LogP contribution in [-0.4, -0.2) is 6.54 Å². The van der Waals surface area contributed by atoms with Crippen molar-refractivity contribution in [1.82, 2.24) is 0 Å². The van der Waals surface area contributed by atoms with Crippen LogP contribution in [0.15, 0.2) is 24.3 Å². The van der Waals surface area contributed by atoms with Crippen LogP contribution in [0.5, 0.6) is 0 Å². The lowest BCUT2D eigenvalue weighted by molar-refractivity contribution is -0.371. The first-order valence-corrected chi connectivity index (χ1v) is 4.36. The number of nitrogens with two attached hydrogens (primary N) is 1. The van der Waals surface area contributed by atoms with Gasteiger partial charge in [0, 0.05) is 12.5 Å². The van der Waals surface area contributed by atoms with E-state index in [1.54, 1.807) is 0 Å². The zero-order valence-corrected chi connectivity index (χ0v) is 7.59. The number of hydrogen-bond donors (Lipinski definition) is 2. The van der Waals surface area contributed by atoms with Crippen molar-refractivity contribution in [1.29, 1.82) is 0 Å². The average Bonchev–Trinajstić information content (AvgIpc) is 2.17. The molecule has 12 heavy (non-hydrogen) atoms. The second-order valence-electron chi connectivity index (χ2n) is 3.14. The van der Waals surface area contributed by atoms with Crippen molar-refractivity contribution in [3.8, 4) is 0 Å². The minimum Gasteiger partial charge on any atom is -0.357 e. The number of benzene rings is 1. The summed E-state index contributed by atoms with van der Waals surface area (Å²) in [4.78, 5) is 0. The normalized spacial score (nSPS) is 12.9. The highest BCUT2D eigenvalue weighted by atomic mass is 14.5. The SMILES string of the molecule is CC(C[NH3+])c1cccc(CN)c1. The van der Waals surface area contributed by atoms with Crippen molar-refractivity contribution in [3.05, 3.63) is 35.4 Å². The van der Waals surface area contributed by atoms with Gasteiger partial charge in [-0.25, -0.2) is 0 Å². The second kappa shape index (κ2) is 4.24. The van der Waals surface area contributed by atoms with Crippen molar-refractivity contribution in [3.63, 3.8) is 0 Å². The highest BCUT2D eigenvalue weighted by Crippen LogP contribution is 2.14. The van der Waals surface area contributed by atoms with E-state index < -0.39 is 0 Å². The number of rotatable bonds is 3. The molecule has 5 N–H and O–H groups in total. The van der Waals surface area contributed by atoms with Crippen LogP contribution in [0.1, 0.15) is 24.0 Å². The summed E-state index contributed by atoms with van der Waals surface area (Å²) in [6.07, 6.45) is 0. The first-order chi connectivity index (χ1) is 5.77. The summed E-state index contributed by atoms with van der Waals surface area (Å²) in [7, 11) is 0. The maximum absolute atomic E-state index is 5.54. The van der Waals surface area contributed by atoms with Crippen molar-refractivity contribution in [2.24, 2.45) is 5.73 Å². The van der Waals surface area contributed by atoms with Crippen LogP contribution in [-0.2, 0) is 6.54 Å². The summed E-state index contributed by atoms with van der Waals surface area (Å²) in [6.45, 7) is 3.74. The molecule has 2 heteroatoms. The van der Waals surface area contributed by atoms with Crippen LogP contribution in [0, 0.1) is 0 Å². The van der Waals surface area contributed by atoms with Gasteiger partial charge in [-0.15, -0.1) is 0 Å². The molecule has 0 saturated carbocycles. The smallest absolute Gasteiger partial charge is 0.0806 e. The Balaban J connectivity index is 2.86. The molecule has 0 fully saturated rings. The van der Waals surface area contributed by atoms with E-state index in [1.165, 1.54) is 11.1 Å². The lowest BCUT2D eigenvalue weighted by atomic mass is 9.99. The summed E-state index contributed by atoms with van der Waals surface area (Å²) < 4.78 is 0. The van der Waals surface area contributed by atoms with E-state index in [0.717, 1.165) is 6.54 Å². The van der Waals surface area contributed by atoms with E-state index in [4.69, 9.17) is 5.73 Å². The van der Waals surface area contributed by atoms with Crippen LogP contribution in [0.3, 0.4) is 0 Å². The third-order valence-corrected chi connectivity index (χ3v) is 2.19. The van der Waals surface area contributed by atoms with Crippen molar-refractivity contribution in [2.45, 2.75) is 19.4 Å². The number of quaternary nitrogens is 1. The Bertz CT molecular complexity index is 245. The minimum atomic E-state index is 0.538. The fraction of sp³-hybridized carbons (Fsp3) is 0.400. The molecule has 2 nitrogen and oxygen atoms in total. The van der Waals surface area contributed by atoms with Crippen molar-refractivity contribution < 1.29 is 5.73 Å². The molecule has 0 aliphatic rings. The van der Waals surface area contributed by atoms with Crippen molar-refractivity contribution >= 4 is 0 Å². The predicted molar refractivity (Wildman–Crippen MR) is 50.5 cm³/mol. The molecule has 0 saturated heterocycles. The number of hydrogen-bond acceptors (Lipinski definition) is 1. The van der Waals surface area contributed by atoms with Gasteiger partial charge in [-0.2, -0.15) is 0 Å². The van der Waals surface area contributed by atoms with Gasteiger partial charge in [-0.05, 0) is 11.1 Å². The molecule has 66 valence electrons. The fourth-order valence-electron chi connectivity index (χ4n) is 1.19. The van der Waals surface area contributed by atoms with Crippen LogP contribution in [0.4, 0.5) is 0 Å². The molecular weight excluding hydrogens is 148 g/mol. The molecule has 0 bridgehead atoms. The lowest BCUT2D eigenvalue weighted by Gasteiger charge is -2.07. The maximum atomic E-state index is 5.54. The molecule has 0 aliphatic carbocycles. The zero-order valence-electron chi connectivity index (χ0n) is 7.59. The molecule has 0 aromatic heterocycles. The summed E-state index contributed by atoms with van der Waals surface area (Å²) >= 11 is 0. The van der Waals surface area contributed by atoms with E-state index in [2.05, 4.69) is 36.9 Å². The molecule has 1 rings (SSSR count).